The minimum Gasteiger partial charge on any atom is -0.441 e. The Morgan fingerprint density at radius 3 is 2.89 bits per heavy atom. The van der Waals surface area contributed by atoms with Gasteiger partial charge in [-0.15, -0.1) is 0 Å². The van der Waals surface area contributed by atoms with Gasteiger partial charge < -0.3 is 14.5 Å². The SMILES string of the molecule is COCCNC(=O)C1CCN(Cc2nc(-c3cccc(Cl)c3)oc2C)CC1. The molecule has 1 amide bonds. The zero-order valence-corrected chi connectivity index (χ0v) is 16.6. The highest BCUT2D eigenvalue weighted by atomic mass is 35.5. The molecule has 0 bridgehead atoms. The smallest absolute Gasteiger partial charge is 0.226 e. The first kappa shape index (κ1) is 19.9. The summed E-state index contributed by atoms with van der Waals surface area (Å²) in [5.41, 5.74) is 1.82. The maximum absolute atomic E-state index is 12.2. The predicted octanol–water partition coefficient (Wildman–Crippen LogP) is 3.28. The van der Waals surface area contributed by atoms with Gasteiger partial charge in [-0.1, -0.05) is 17.7 Å². The first-order valence-corrected chi connectivity index (χ1v) is 9.66. The molecule has 1 aliphatic rings. The van der Waals surface area contributed by atoms with Crippen molar-refractivity contribution in [1.29, 1.82) is 0 Å². The third-order valence-electron chi connectivity index (χ3n) is 4.90. The monoisotopic (exact) mass is 391 g/mol. The van der Waals surface area contributed by atoms with Gasteiger partial charge in [-0.2, -0.15) is 0 Å². The van der Waals surface area contributed by atoms with Crippen LogP contribution in [0, 0.1) is 12.8 Å². The minimum absolute atomic E-state index is 0.0820. The maximum Gasteiger partial charge on any atom is 0.226 e. The summed E-state index contributed by atoms with van der Waals surface area (Å²) in [6.07, 6.45) is 1.72. The standard InChI is InChI=1S/C20H26ClN3O3/c1-14-18(23-20(27-14)16-4-3-5-17(21)12-16)13-24-9-6-15(7-10-24)19(25)22-8-11-26-2/h3-5,12,15H,6-11,13H2,1-2H3,(H,22,25). The van der Waals surface area contributed by atoms with E-state index in [2.05, 4.69) is 15.2 Å². The number of amides is 1. The molecule has 146 valence electrons. The van der Waals surface area contributed by atoms with Gasteiger partial charge in [0.05, 0.1) is 12.3 Å². The predicted molar refractivity (Wildman–Crippen MR) is 105 cm³/mol. The summed E-state index contributed by atoms with van der Waals surface area (Å²) in [7, 11) is 1.63. The van der Waals surface area contributed by atoms with Crippen molar-refractivity contribution >= 4 is 17.5 Å². The highest BCUT2D eigenvalue weighted by molar-refractivity contribution is 6.30. The molecule has 0 radical (unpaired) electrons. The van der Waals surface area contributed by atoms with Crippen molar-refractivity contribution in [3.05, 3.63) is 40.7 Å². The number of halogens is 1. The average Bonchev–Trinajstić information content (AvgIpc) is 3.03. The summed E-state index contributed by atoms with van der Waals surface area (Å²) in [5, 5.41) is 3.60. The van der Waals surface area contributed by atoms with Gasteiger partial charge in [0.25, 0.3) is 0 Å². The molecule has 1 N–H and O–H groups in total. The molecule has 27 heavy (non-hydrogen) atoms. The highest BCUT2D eigenvalue weighted by Crippen LogP contribution is 2.26. The van der Waals surface area contributed by atoms with E-state index in [0.29, 0.717) is 24.1 Å². The number of piperidine rings is 1. The number of aromatic nitrogens is 1. The van der Waals surface area contributed by atoms with Crippen LogP contribution >= 0.6 is 11.6 Å². The molecule has 0 atom stereocenters. The summed E-state index contributed by atoms with van der Waals surface area (Å²) in [4.78, 5) is 19.1. The fourth-order valence-corrected chi connectivity index (χ4v) is 3.50. The molecule has 1 aromatic heterocycles. The lowest BCUT2D eigenvalue weighted by molar-refractivity contribution is -0.126. The van der Waals surface area contributed by atoms with Gasteiger partial charge in [-0.05, 0) is 51.1 Å². The van der Waals surface area contributed by atoms with Gasteiger partial charge in [0.2, 0.25) is 11.8 Å². The third-order valence-corrected chi connectivity index (χ3v) is 5.14. The van der Waals surface area contributed by atoms with Crippen LogP contribution in [0.1, 0.15) is 24.3 Å². The van der Waals surface area contributed by atoms with Crippen LogP contribution in [-0.4, -0.2) is 49.1 Å². The first-order chi connectivity index (χ1) is 13.1. The number of carbonyl (C=O) groups is 1. The van der Waals surface area contributed by atoms with Gasteiger partial charge in [-0.3, -0.25) is 9.69 Å². The summed E-state index contributed by atoms with van der Waals surface area (Å²) < 4.78 is 10.8. The second kappa shape index (κ2) is 9.35. The van der Waals surface area contributed by atoms with E-state index in [1.54, 1.807) is 7.11 Å². The Labute approximate surface area is 164 Å². The number of nitrogens with zero attached hydrogens (tertiary/aromatic N) is 2. The zero-order chi connectivity index (χ0) is 19.2. The number of nitrogens with one attached hydrogen (secondary N) is 1. The number of likely N-dealkylation sites (tertiary alicyclic amines) is 1. The molecular weight excluding hydrogens is 366 g/mol. The Morgan fingerprint density at radius 1 is 1.41 bits per heavy atom. The van der Waals surface area contributed by atoms with Crippen molar-refractivity contribution in [2.75, 3.05) is 33.4 Å². The van der Waals surface area contributed by atoms with E-state index in [0.717, 1.165) is 49.5 Å². The van der Waals surface area contributed by atoms with Crippen LogP contribution in [0.2, 0.25) is 5.02 Å². The summed E-state index contributed by atoms with van der Waals surface area (Å²) >= 11 is 6.06. The molecule has 1 fully saturated rings. The quantitative estimate of drug-likeness (QED) is 0.733. The largest absolute Gasteiger partial charge is 0.441 e. The number of methoxy groups -OCH3 is 1. The van der Waals surface area contributed by atoms with E-state index >= 15 is 0 Å². The Morgan fingerprint density at radius 2 is 2.19 bits per heavy atom. The summed E-state index contributed by atoms with van der Waals surface area (Å²) in [6, 6.07) is 7.51. The van der Waals surface area contributed by atoms with Gasteiger partial charge >= 0.3 is 0 Å². The molecular formula is C20H26ClN3O3. The van der Waals surface area contributed by atoms with Crippen LogP contribution in [0.25, 0.3) is 11.5 Å². The summed E-state index contributed by atoms with van der Waals surface area (Å²) in [6.45, 7) is 5.54. The lowest BCUT2D eigenvalue weighted by atomic mass is 9.96. The zero-order valence-electron chi connectivity index (χ0n) is 15.8. The van der Waals surface area contributed by atoms with Crippen molar-refractivity contribution in [3.63, 3.8) is 0 Å². The lowest BCUT2D eigenvalue weighted by Crippen LogP contribution is -2.41. The Kier molecular flexibility index (Phi) is 6.88. The van der Waals surface area contributed by atoms with Crippen molar-refractivity contribution in [2.45, 2.75) is 26.3 Å². The van der Waals surface area contributed by atoms with Gasteiger partial charge in [-0.25, -0.2) is 4.98 Å². The van der Waals surface area contributed by atoms with Crippen LogP contribution in [-0.2, 0) is 16.1 Å². The Bertz CT molecular complexity index is 770. The second-order valence-electron chi connectivity index (χ2n) is 6.87. The number of hydrogen-bond donors (Lipinski definition) is 1. The topological polar surface area (TPSA) is 67.6 Å². The highest BCUT2D eigenvalue weighted by Gasteiger charge is 2.25. The molecule has 0 unspecified atom stereocenters. The number of carbonyl (C=O) groups excluding carboxylic acids is 1. The molecule has 6 nitrogen and oxygen atoms in total. The number of benzene rings is 1. The Balaban J connectivity index is 1.54. The number of ether oxygens (including phenoxy) is 1. The number of oxazole rings is 1. The van der Waals surface area contributed by atoms with Gasteiger partial charge in [0.1, 0.15) is 5.76 Å². The Hall–Kier alpha value is -1.89. The van der Waals surface area contributed by atoms with Crippen molar-refractivity contribution < 1.29 is 13.9 Å². The first-order valence-electron chi connectivity index (χ1n) is 9.28. The van der Waals surface area contributed by atoms with E-state index in [9.17, 15) is 4.79 Å². The molecule has 2 aromatic rings. The molecule has 1 aliphatic heterocycles. The van der Waals surface area contributed by atoms with E-state index in [4.69, 9.17) is 20.8 Å². The molecule has 0 saturated carbocycles. The van der Waals surface area contributed by atoms with Crippen molar-refractivity contribution in [3.8, 4) is 11.5 Å². The second-order valence-corrected chi connectivity index (χ2v) is 7.30. The third kappa shape index (κ3) is 5.31. The minimum atomic E-state index is 0.0820. The molecule has 0 aliphatic carbocycles. The normalized spacial score (nSPS) is 15.8. The maximum atomic E-state index is 12.2. The van der Waals surface area contributed by atoms with E-state index in [-0.39, 0.29) is 11.8 Å². The van der Waals surface area contributed by atoms with Crippen LogP contribution in [0.3, 0.4) is 0 Å². The lowest BCUT2D eigenvalue weighted by Gasteiger charge is -2.30. The molecule has 2 heterocycles. The molecule has 3 rings (SSSR count). The fourth-order valence-electron chi connectivity index (χ4n) is 3.31. The van der Waals surface area contributed by atoms with Crippen molar-refractivity contribution in [1.82, 2.24) is 15.2 Å². The molecule has 1 saturated heterocycles. The van der Waals surface area contributed by atoms with E-state index in [1.807, 2.05) is 31.2 Å². The van der Waals surface area contributed by atoms with E-state index in [1.165, 1.54) is 0 Å². The number of hydrogen-bond acceptors (Lipinski definition) is 5. The molecule has 1 aromatic carbocycles. The van der Waals surface area contributed by atoms with E-state index < -0.39 is 0 Å². The van der Waals surface area contributed by atoms with Crippen LogP contribution < -0.4 is 5.32 Å². The summed E-state index contributed by atoms with van der Waals surface area (Å²) in [5.74, 6) is 1.63. The fraction of sp³-hybridized carbons (Fsp3) is 0.500. The number of aryl methyl sites for hydroxylation is 1. The van der Waals surface area contributed by atoms with Crippen LogP contribution in [0.4, 0.5) is 0 Å². The molecule has 7 heteroatoms. The van der Waals surface area contributed by atoms with Crippen LogP contribution in [0.5, 0.6) is 0 Å². The molecule has 0 spiro atoms. The van der Waals surface area contributed by atoms with Gasteiger partial charge in [0.15, 0.2) is 0 Å². The average molecular weight is 392 g/mol. The van der Waals surface area contributed by atoms with Crippen LogP contribution in [0.15, 0.2) is 28.7 Å². The number of rotatable bonds is 7. The van der Waals surface area contributed by atoms with Crippen molar-refractivity contribution in [2.24, 2.45) is 5.92 Å². The van der Waals surface area contributed by atoms with Gasteiger partial charge in [0, 0.05) is 36.7 Å².